The van der Waals surface area contributed by atoms with Crippen molar-refractivity contribution in [2.45, 2.75) is 46.1 Å². The summed E-state index contributed by atoms with van der Waals surface area (Å²) in [5.74, 6) is -0.322. The summed E-state index contributed by atoms with van der Waals surface area (Å²) in [6, 6.07) is 18.2. The maximum Gasteiger partial charge on any atom is 0.272 e. The van der Waals surface area contributed by atoms with Crippen molar-refractivity contribution in [3.63, 3.8) is 0 Å². The summed E-state index contributed by atoms with van der Waals surface area (Å²) in [6.45, 7) is 8.42. The maximum absolute atomic E-state index is 13.3. The zero-order valence-electron chi connectivity index (χ0n) is 16.1. The Kier molecular flexibility index (Phi) is 6.56. The molecule has 0 saturated carbocycles. The van der Waals surface area contributed by atoms with Gasteiger partial charge in [-0.05, 0) is 51.5 Å². The topological polar surface area (TPSA) is 40.6 Å². The summed E-state index contributed by atoms with van der Waals surface area (Å²) in [7, 11) is 0. The Labute approximate surface area is 156 Å². The van der Waals surface area contributed by atoms with Gasteiger partial charge in [-0.2, -0.15) is 0 Å². The molecule has 4 nitrogen and oxygen atoms in total. The number of hydrogen-bond donors (Lipinski definition) is 0. The number of unbranched alkanes of at least 4 members (excludes halogenated alkanes) is 1. The molecule has 2 amide bonds. The number of carbonyl (C=O) groups excluding carboxylic acids is 2. The Morgan fingerprint density at radius 3 is 1.69 bits per heavy atom. The van der Waals surface area contributed by atoms with Crippen molar-refractivity contribution < 1.29 is 9.59 Å². The van der Waals surface area contributed by atoms with E-state index in [2.05, 4.69) is 6.92 Å². The van der Waals surface area contributed by atoms with E-state index in [1.54, 1.807) is 34.3 Å². The Balaban J connectivity index is 2.45. The second-order valence-corrected chi connectivity index (χ2v) is 7.30. The fourth-order valence-electron chi connectivity index (χ4n) is 2.81. The van der Waals surface area contributed by atoms with Gasteiger partial charge in [0.15, 0.2) is 0 Å². The van der Waals surface area contributed by atoms with Crippen LogP contribution in [0.2, 0.25) is 0 Å². The summed E-state index contributed by atoms with van der Waals surface area (Å²) >= 11 is 0. The van der Waals surface area contributed by atoms with Crippen LogP contribution in [0.25, 0.3) is 0 Å². The SMILES string of the molecule is CCCCN(C(=O)c1ccccc1)N(C(=O)c1ccccc1)C(C)(C)C. The van der Waals surface area contributed by atoms with Gasteiger partial charge in [0.1, 0.15) is 0 Å². The maximum atomic E-state index is 13.3. The number of nitrogens with zero attached hydrogens (tertiary/aromatic N) is 2. The third-order valence-electron chi connectivity index (χ3n) is 4.07. The van der Waals surface area contributed by atoms with Crippen LogP contribution in [0.15, 0.2) is 60.7 Å². The van der Waals surface area contributed by atoms with Crippen LogP contribution in [0.1, 0.15) is 61.3 Å². The normalized spacial score (nSPS) is 11.1. The summed E-state index contributed by atoms with van der Waals surface area (Å²) in [6.07, 6.45) is 1.77. The molecule has 0 aliphatic carbocycles. The molecule has 0 fully saturated rings. The molecule has 0 aromatic heterocycles. The van der Waals surface area contributed by atoms with Gasteiger partial charge in [0.05, 0.1) is 5.54 Å². The molecule has 0 radical (unpaired) electrons. The van der Waals surface area contributed by atoms with Gasteiger partial charge in [0, 0.05) is 17.7 Å². The zero-order valence-corrected chi connectivity index (χ0v) is 16.1. The van der Waals surface area contributed by atoms with E-state index in [9.17, 15) is 9.59 Å². The molecule has 2 rings (SSSR count). The van der Waals surface area contributed by atoms with E-state index in [-0.39, 0.29) is 11.8 Å². The van der Waals surface area contributed by atoms with Crippen LogP contribution in [0.4, 0.5) is 0 Å². The van der Waals surface area contributed by atoms with Crippen LogP contribution in [0, 0.1) is 0 Å². The molecule has 26 heavy (non-hydrogen) atoms. The fourth-order valence-corrected chi connectivity index (χ4v) is 2.81. The van der Waals surface area contributed by atoms with E-state index in [1.807, 2.05) is 57.2 Å². The zero-order chi connectivity index (χ0) is 19.2. The number of rotatable bonds is 5. The molecule has 0 N–H and O–H groups in total. The second kappa shape index (κ2) is 8.65. The van der Waals surface area contributed by atoms with Gasteiger partial charge in [-0.25, -0.2) is 10.0 Å². The van der Waals surface area contributed by atoms with E-state index >= 15 is 0 Å². The molecule has 0 atom stereocenters. The summed E-state index contributed by atoms with van der Waals surface area (Å²) in [5, 5.41) is 3.21. The summed E-state index contributed by atoms with van der Waals surface area (Å²) in [4.78, 5) is 26.5. The van der Waals surface area contributed by atoms with Gasteiger partial charge in [0.25, 0.3) is 11.8 Å². The van der Waals surface area contributed by atoms with Gasteiger partial charge in [-0.15, -0.1) is 0 Å². The van der Waals surface area contributed by atoms with Crippen molar-refractivity contribution in [3.8, 4) is 0 Å². The van der Waals surface area contributed by atoms with Crippen molar-refractivity contribution in [3.05, 3.63) is 71.8 Å². The summed E-state index contributed by atoms with van der Waals surface area (Å²) in [5.41, 5.74) is 0.619. The number of benzene rings is 2. The molecule has 2 aromatic carbocycles. The van der Waals surface area contributed by atoms with Crippen molar-refractivity contribution >= 4 is 11.8 Å². The van der Waals surface area contributed by atoms with Crippen molar-refractivity contribution in [2.24, 2.45) is 0 Å². The van der Waals surface area contributed by atoms with E-state index in [0.717, 1.165) is 12.8 Å². The monoisotopic (exact) mass is 352 g/mol. The highest BCUT2D eigenvalue weighted by Crippen LogP contribution is 2.23. The number of hydrogen-bond acceptors (Lipinski definition) is 2. The summed E-state index contributed by atoms with van der Waals surface area (Å²) < 4.78 is 0. The highest BCUT2D eigenvalue weighted by Gasteiger charge is 2.35. The first-order valence-electron chi connectivity index (χ1n) is 9.12. The van der Waals surface area contributed by atoms with Gasteiger partial charge in [-0.3, -0.25) is 9.59 Å². The van der Waals surface area contributed by atoms with Crippen LogP contribution in [0.5, 0.6) is 0 Å². The van der Waals surface area contributed by atoms with Gasteiger partial charge < -0.3 is 0 Å². The predicted octanol–water partition coefficient (Wildman–Crippen LogP) is 4.78. The standard InChI is InChI=1S/C22H28N2O2/c1-5-6-17-23(20(25)18-13-9-7-10-14-18)24(22(2,3)4)21(26)19-15-11-8-12-16-19/h7-16H,5-6,17H2,1-4H3. The van der Waals surface area contributed by atoms with Crippen LogP contribution >= 0.6 is 0 Å². The highest BCUT2D eigenvalue weighted by atomic mass is 16.2. The molecular formula is C22H28N2O2. The minimum Gasteiger partial charge on any atom is -0.267 e. The Bertz CT molecular complexity index is 721. The van der Waals surface area contributed by atoms with Crippen LogP contribution in [-0.2, 0) is 0 Å². The molecule has 2 aromatic rings. The lowest BCUT2D eigenvalue weighted by Crippen LogP contribution is -2.58. The molecule has 0 spiro atoms. The number of hydrazine groups is 1. The minimum atomic E-state index is -0.537. The van der Waals surface area contributed by atoms with Crippen LogP contribution in [0.3, 0.4) is 0 Å². The smallest absolute Gasteiger partial charge is 0.267 e. The third-order valence-corrected chi connectivity index (χ3v) is 4.07. The molecule has 0 unspecified atom stereocenters. The van der Waals surface area contributed by atoms with Crippen molar-refractivity contribution in [1.29, 1.82) is 0 Å². The fraction of sp³-hybridized carbons (Fsp3) is 0.364. The molecule has 0 aliphatic heterocycles. The first-order chi connectivity index (χ1) is 12.4. The lowest BCUT2D eigenvalue weighted by atomic mass is 10.1. The number of amides is 2. The van der Waals surface area contributed by atoms with Crippen LogP contribution < -0.4 is 0 Å². The molecular weight excluding hydrogens is 324 g/mol. The van der Waals surface area contributed by atoms with E-state index in [4.69, 9.17) is 0 Å². The average Bonchev–Trinajstić information content (AvgIpc) is 2.64. The van der Waals surface area contributed by atoms with Crippen LogP contribution in [-0.4, -0.2) is 33.9 Å². The minimum absolute atomic E-state index is 0.154. The Morgan fingerprint density at radius 1 is 0.808 bits per heavy atom. The lowest BCUT2D eigenvalue weighted by molar-refractivity contribution is -0.0439. The van der Waals surface area contributed by atoms with E-state index < -0.39 is 5.54 Å². The Hall–Kier alpha value is -2.62. The van der Waals surface area contributed by atoms with E-state index in [0.29, 0.717) is 17.7 Å². The van der Waals surface area contributed by atoms with Gasteiger partial charge >= 0.3 is 0 Å². The van der Waals surface area contributed by atoms with E-state index in [1.165, 1.54) is 0 Å². The molecule has 0 aliphatic rings. The molecule has 4 heteroatoms. The predicted molar refractivity (Wildman–Crippen MR) is 105 cm³/mol. The Morgan fingerprint density at radius 2 is 1.27 bits per heavy atom. The first kappa shape index (κ1) is 19.7. The van der Waals surface area contributed by atoms with Crippen molar-refractivity contribution in [2.75, 3.05) is 6.54 Å². The highest BCUT2D eigenvalue weighted by molar-refractivity contribution is 5.99. The largest absolute Gasteiger partial charge is 0.272 e. The lowest BCUT2D eigenvalue weighted by Gasteiger charge is -2.43. The van der Waals surface area contributed by atoms with Gasteiger partial charge in [-0.1, -0.05) is 49.7 Å². The molecule has 0 saturated heterocycles. The molecule has 138 valence electrons. The van der Waals surface area contributed by atoms with Crippen molar-refractivity contribution in [1.82, 2.24) is 10.0 Å². The van der Waals surface area contributed by atoms with Gasteiger partial charge in [0.2, 0.25) is 0 Å². The molecule has 0 bridgehead atoms. The average molecular weight is 352 g/mol. The quantitative estimate of drug-likeness (QED) is 0.726. The number of carbonyl (C=O) groups is 2. The molecule has 0 heterocycles. The third kappa shape index (κ3) is 4.72. The second-order valence-electron chi connectivity index (χ2n) is 7.30. The first-order valence-corrected chi connectivity index (χ1v) is 9.12.